The lowest BCUT2D eigenvalue weighted by molar-refractivity contribution is -0.117. The Bertz CT molecular complexity index is 794. The number of hydrogen-bond acceptors (Lipinski definition) is 5. The van der Waals surface area contributed by atoms with E-state index in [1.165, 1.54) is 12.8 Å². The van der Waals surface area contributed by atoms with E-state index in [0.29, 0.717) is 36.4 Å². The molecule has 1 saturated carbocycles. The number of rotatable bonds is 6. The Hall–Kier alpha value is -1.41. The maximum Gasteiger partial charge on any atom is 0.225 e. The molecule has 3 unspecified atom stereocenters. The minimum atomic E-state index is -3.00. The second kappa shape index (κ2) is 7.54. The Kier molecular flexibility index (Phi) is 5.29. The first-order chi connectivity index (χ1) is 12.9. The van der Waals surface area contributed by atoms with Crippen LogP contribution in [0.3, 0.4) is 0 Å². The molecule has 2 saturated heterocycles. The van der Waals surface area contributed by atoms with Crippen LogP contribution in [0.1, 0.15) is 63.1 Å². The lowest BCUT2D eigenvalue weighted by Gasteiger charge is -2.28. The van der Waals surface area contributed by atoms with E-state index in [1.807, 2.05) is 6.07 Å². The van der Waals surface area contributed by atoms with E-state index in [0.717, 1.165) is 31.6 Å². The average molecular weight is 395 g/mol. The van der Waals surface area contributed by atoms with Gasteiger partial charge in [-0.1, -0.05) is 6.92 Å². The number of amides is 1. The highest BCUT2D eigenvalue weighted by molar-refractivity contribution is 7.91. The molecule has 1 aromatic rings. The second-order valence-electron chi connectivity index (χ2n) is 8.57. The molecular formula is C19H30N4O3S. The van der Waals surface area contributed by atoms with Crippen LogP contribution in [-0.2, 0) is 14.6 Å². The first-order valence-corrected chi connectivity index (χ1v) is 12.0. The van der Waals surface area contributed by atoms with Crippen molar-refractivity contribution in [2.24, 2.45) is 11.8 Å². The Balaban J connectivity index is 1.45. The van der Waals surface area contributed by atoms with Crippen LogP contribution in [0.25, 0.3) is 0 Å². The topological polar surface area (TPSA) is 93.1 Å². The number of carbonyl (C=O) groups is 1. The van der Waals surface area contributed by atoms with Gasteiger partial charge in [-0.2, -0.15) is 5.10 Å². The Morgan fingerprint density at radius 1 is 1.37 bits per heavy atom. The highest BCUT2D eigenvalue weighted by atomic mass is 32.2. The number of hydrogen-bond donors (Lipinski definition) is 2. The number of piperidine rings is 1. The van der Waals surface area contributed by atoms with Gasteiger partial charge in [-0.25, -0.2) is 13.1 Å². The fraction of sp³-hybridized carbons (Fsp3) is 0.789. The van der Waals surface area contributed by atoms with Gasteiger partial charge in [0.15, 0.2) is 9.84 Å². The predicted molar refractivity (Wildman–Crippen MR) is 105 cm³/mol. The molecule has 150 valence electrons. The van der Waals surface area contributed by atoms with Gasteiger partial charge in [0.1, 0.15) is 5.82 Å². The van der Waals surface area contributed by atoms with Gasteiger partial charge in [0, 0.05) is 18.4 Å². The summed E-state index contributed by atoms with van der Waals surface area (Å²) in [6, 6.07) is 1.78. The average Bonchev–Trinajstić information content (AvgIpc) is 3.31. The molecule has 8 heteroatoms. The molecule has 0 bridgehead atoms. The fourth-order valence-corrected chi connectivity index (χ4v) is 6.04. The van der Waals surface area contributed by atoms with Gasteiger partial charge in [-0.15, -0.1) is 0 Å². The molecule has 2 aliphatic heterocycles. The van der Waals surface area contributed by atoms with E-state index >= 15 is 0 Å². The minimum absolute atomic E-state index is 0.00238. The molecule has 0 radical (unpaired) electrons. The van der Waals surface area contributed by atoms with Crippen LogP contribution in [0.2, 0.25) is 0 Å². The Morgan fingerprint density at radius 2 is 2.19 bits per heavy atom. The summed E-state index contributed by atoms with van der Waals surface area (Å²) < 4.78 is 25.5. The predicted octanol–water partition coefficient (Wildman–Crippen LogP) is 2.08. The number of nitrogens with one attached hydrogen (secondary N) is 2. The summed E-state index contributed by atoms with van der Waals surface area (Å²) in [4.78, 5) is 12.7. The molecule has 3 aliphatic rings. The molecule has 3 atom stereocenters. The van der Waals surface area contributed by atoms with Gasteiger partial charge < -0.3 is 10.6 Å². The highest BCUT2D eigenvalue weighted by Gasteiger charge is 2.34. The smallest absolute Gasteiger partial charge is 0.225 e. The molecule has 0 aromatic carbocycles. The van der Waals surface area contributed by atoms with Crippen LogP contribution in [0.15, 0.2) is 6.07 Å². The zero-order valence-corrected chi connectivity index (χ0v) is 16.8. The molecule has 0 spiro atoms. The van der Waals surface area contributed by atoms with Crippen LogP contribution >= 0.6 is 0 Å². The lowest BCUT2D eigenvalue weighted by atomic mass is 9.85. The van der Waals surface area contributed by atoms with Gasteiger partial charge >= 0.3 is 0 Å². The first-order valence-electron chi connectivity index (χ1n) is 10.2. The van der Waals surface area contributed by atoms with Crippen molar-refractivity contribution < 1.29 is 13.2 Å². The summed E-state index contributed by atoms with van der Waals surface area (Å²) in [5.41, 5.74) is 0.985. The molecule has 3 fully saturated rings. The number of aromatic nitrogens is 2. The zero-order valence-electron chi connectivity index (χ0n) is 16.0. The third-order valence-corrected chi connectivity index (χ3v) is 7.97. The summed E-state index contributed by atoms with van der Waals surface area (Å²) in [5.74, 6) is 2.31. The fourth-order valence-electron chi connectivity index (χ4n) is 4.35. The van der Waals surface area contributed by atoms with Crippen LogP contribution < -0.4 is 10.6 Å². The molecule has 3 heterocycles. The van der Waals surface area contributed by atoms with Crippen molar-refractivity contribution in [2.45, 2.75) is 57.4 Å². The molecule has 7 nitrogen and oxygen atoms in total. The van der Waals surface area contributed by atoms with Gasteiger partial charge in [0.05, 0.1) is 23.2 Å². The molecule has 1 amide bonds. The van der Waals surface area contributed by atoms with Gasteiger partial charge in [0.25, 0.3) is 0 Å². The largest absolute Gasteiger partial charge is 0.316 e. The van der Waals surface area contributed by atoms with Crippen molar-refractivity contribution in [1.82, 2.24) is 15.1 Å². The summed E-state index contributed by atoms with van der Waals surface area (Å²) in [5, 5.41) is 11.1. The lowest BCUT2D eigenvalue weighted by Crippen LogP contribution is -2.34. The first kappa shape index (κ1) is 18.9. The van der Waals surface area contributed by atoms with Crippen LogP contribution in [0.4, 0.5) is 5.82 Å². The van der Waals surface area contributed by atoms with Crippen molar-refractivity contribution in [3.05, 3.63) is 11.8 Å². The normalized spacial score (nSPS) is 28.8. The minimum Gasteiger partial charge on any atom is -0.316 e. The number of nitrogens with zero attached hydrogens (tertiary/aromatic N) is 2. The molecule has 1 aliphatic carbocycles. The quantitative estimate of drug-likeness (QED) is 0.771. The van der Waals surface area contributed by atoms with E-state index < -0.39 is 9.84 Å². The van der Waals surface area contributed by atoms with E-state index in [-0.39, 0.29) is 23.5 Å². The van der Waals surface area contributed by atoms with Gasteiger partial charge in [0.2, 0.25) is 5.91 Å². The Labute approximate surface area is 161 Å². The standard InChI is InChI=1S/C19H30N4O3S/c1-13(15-3-2-7-20-11-15)9-19(24)21-18-10-17(14-4-5-14)22-23(18)16-6-8-27(25,26)12-16/h10,13-16,20H,2-9,11-12H2,1H3,(H,21,24). The maximum absolute atomic E-state index is 12.7. The summed E-state index contributed by atoms with van der Waals surface area (Å²) >= 11 is 0. The second-order valence-corrected chi connectivity index (χ2v) is 10.8. The maximum atomic E-state index is 12.7. The number of anilines is 1. The Morgan fingerprint density at radius 3 is 2.81 bits per heavy atom. The monoisotopic (exact) mass is 394 g/mol. The molecule has 1 aromatic heterocycles. The van der Waals surface area contributed by atoms with Crippen molar-refractivity contribution in [2.75, 3.05) is 29.9 Å². The van der Waals surface area contributed by atoms with Crippen molar-refractivity contribution in [3.8, 4) is 0 Å². The summed E-state index contributed by atoms with van der Waals surface area (Å²) in [6.45, 7) is 4.20. The van der Waals surface area contributed by atoms with Crippen LogP contribution in [-0.4, -0.2) is 48.7 Å². The van der Waals surface area contributed by atoms with Crippen LogP contribution in [0.5, 0.6) is 0 Å². The van der Waals surface area contributed by atoms with E-state index in [9.17, 15) is 13.2 Å². The molecule has 2 N–H and O–H groups in total. The SMILES string of the molecule is CC(CC(=O)Nc1cc(C2CC2)nn1C1CCS(=O)(=O)C1)C1CCCNC1. The molecular weight excluding hydrogens is 364 g/mol. The summed E-state index contributed by atoms with van der Waals surface area (Å²) in [6.07, 6.45) is 5.65. The number of carbonyl (C=O) groups excluding carboxylic acids is 1. The van der Waals surface area contributed by atoms with Crippen molar-refractivity contribution in [3.63, 3.8) is 0 Å². The van der Waals surface area contributed by atoms with Crippen LogP contribution in [0, 0.1) is 11.8 Å². The van der Waals surface area contributed by atoms with Crippen molar-refractivity contribution >= 4 is 21.6 Å². The van der Waals surface area contributed by atoms with Gasteiger partial charge in [-0.3, -0.25) is 4.79 Å². The van der Waals surface area contributed by atoms with Crippen molar-refractivity contribution in [1.29, 1.82) is 0 Å². The number of sulfone groups is 1. The van der Waals surface area contributed by atoms with E-state index in [4.69, 9.17) is 0 Å². The molecule has 27 heavy (non-hydrogen) atoms. The third kappa shape index (κ3) is 4.54. The molecule has 4 rings (SSSR count). The van der Waals surface area contributed by atoms with E-state index in [2.05, 4.69) is 22.7 Å². The van der Waals surface area contributed by atoms with E-state index in [1.54, 1.807) is 4.68 Å². The summed E-state index contributed by atoms with van der Waals surface area (Å²) in [7, 11) is -3.00. The third-order valence-electron chi connectivity index (χ3n) is 6.22. The highest BCUT2D eigenvalue weighted by Crippen LogP contribution is 2.41. The zero-order chi connectivity index (χ0) is 19.0. The van der Waals surface area contributed by atoms with Gasteiger partial charge in [-0.05, 0) is 57.0 Å².